The molecule has 0 aromatic heterocycles. The summed E-state index contributed by atoms with van der Waals surface area (Å²) in [5.41, 5.74) is 5.29. The van der Waals surface area contributed by atoms with E-state index in [9.17, 15) is 4.79 Å². The van der Waals surface area contributed by atoms with Gasteiger partial charge in [-0.15, -0.1) is 0 Å². The summed E-state index contributed by atoms with van der Waals surface area (Å²) in [4.78, 5) is 15.0. The minimum absolute atomic E-state index is 0.204. The first-order valence-corrected chi connectivity index (χ1v) is 6.63. The minimum atomic E-state index is -0.479. The lowest BCUT2D eigenvalue weighted by Gasteiger charge is -2.42. The number of thiocarbonyl (C=S) groups is 1. The Morgan fingerprint density at radius 2 is 2.12 bits per heavy atom. The number of hydrogen-bond acceptors (Lipinski definition) is 2. The molecule has 2 aliphatic rings. The SMILES string of the molecule is CCCN(C(=O)C1(C(N)=S)CCC1)C1CC1. The number of nitrogens with zero attached hydrogens (tertiary/aromatic N) is 1. The van der Waals surface area contributed by atoms with Crippen LogP contribution in [0, 0.1) is 5.41 Å². The monoisotopic (exact) mass is 240 g/mol. The molecule has 0 spiro atoms. The van der Waals surface area contributed by atoms with Gasteiger partial charge in [-0.2, -0.15) is 0 Å². The van der Waals surface area contributed by atoms with Crippen LogP contribution >= 0.6 is 12.2 Å². The number of carbonyl (C=O) groups excluding carboxylic acids is 1. The molecular weight excluding hydrogens is 220 g/mol. The van der Waals surface area contributed by atoms with Gasteiger partial charge >= 0.3 is 0 Å². The Bertz CT molecular complexity index is 308. The molecule has 90 valence electrons. The van der Waals surface area contributed by atoms with E-state index in [0.29, 0.717) is 11.0 Å². The van der Waals surface area contributed by atoms with E-state index in [-0.39, 0.29) is 5.91 Å². The smallest absolute Gasteiger partial charge is 0.235 e. The van der Waals surface area contributed by atoms with Crippen molar-refractivity contribution in [3.8, 4) is 0 Å². The first-order chi connectivity index (χ1) is 7.62. The maximum Gasteiger partial charge on any atom is 0.235 e. The van der Waals surface area contributed by atoms with Crippen molar-refractivity contribution in [2.75, 3.05) is 6.54 Å². The largest absolute Gasteiger partial charge is 0.392 e. The molecule has 2 N–H and O–H groups in total. The summed E-state index contributed by atoms with van der Waals surface area (Å²) in [5, 5.41) is 0. The Morgan fingerprint density at radius 1 is 1.50 bits per heavy atom. The topological polar surface area (TPSA) is 46.3 Å². The van der Waals surface area contributed by atoms with Crippen molar-refractivity contribution in [3.63, 3.8) is 0 Å². The van der Waals surface area contributed by atoms with E-state index >= 15 is 0 Å². The predicted octanol–water partition coefficient (Wildman–Crippen LogP) is 1.84. The first kappa shape index (κ1) is 11.8. The van der Waals surface area contributed by atoms with E-state index in [2.05, 4.69) is 6.92 Å². The number of nitrogens with two attached hydrogens (primary N) is 1. The summed E-state index contributed by atoms with van der Waals surface area (Å²) in [6, 6.07) is 0.472. The van der Waals surface area contributed by atoms with Crippen LogP contribution in [0.5, 0.6) is 0 Å². The van der Waals surface area contributed by atoms with E-state index in [1.54, 1.807) is 0 Å². The van der Waals surface area contributed by atoms with Crippen LogP contribution < -0.4 is 5.73 Å². The van der Waals surface area contributed by atoms with Crippen molar-refractivity contribution in [3.05, 3.63) is 0 Å². The normalized spacial score (nSPS) is 22.3. The van der Waals surface area contributed by atoms with Gasteiger partial charge < -0.3 is 10.6 Å². The van der Waals surface area contributed by atoms with Gasteiger partial charge in [-0.1, -0.05) is 25.6 Å². The molecule has 0 atom stereocenters. The third-order valence-electron chi connectivity index (χ3n) is 3.80. The lowest BCUT2D eigenvalue weighted by molar-refractivity contribution is -0.142. The highest BCUT2D eigenvalue weighted by atomic mass is 32.1. The maximum absolute atomic E-state index is 12.5. The van der Waals surface area contributed by atoms with Gasteiger partial charge in [0.1, 0.15) is 0 Å². The zero-order valence-electron chi connectivity index (χ0n) is 9.87. The maximum atomic E-state index is 12.5. The average Bonchev–Trinajstić information content (AvgIpc) is 2.94. The molecule has 0 saturated heterocycles. The van der Waals surface area contributed by atoms with E-state index in [0.717, 1.165) is 45.1 Å². The summed E-state index contributed by atoms with van der Waals surface area (Å²) in [6.07, 6.45) is 6.10. The van der Waals surface area contributed by atoms with E-state index < -0.39 is 5.41 Å². The van der Waals surface area contributed by atoms with Gasteiger partial charge in [-0.3, -0.25) is 4.79 Å². The van der Waals surface area contributed by atoms with Crippen molar-refractivity contribution in [2.45, 2.75) is 51.5 Å². The molecule has 0 bridgehead atoms. The summed E-state index contributed by atoms with van der Waals surface area (Å²) in [5.74, 6) is 0.204. The Morgan fingerprint density at radius 3 is 2.44 bits per heavy atom. The summed E-state index contributed by atoms with van der Waals surface area (Å²) in [7, 11) is 0. The Hall–Kier alpha value is -0.640. The highest BCUT2D eigenvalue weighted by Crippen LogP contribution is 2.44. The van der Waals surface area contributed by atoms with Gasteiger partial charge in [0.15, 0.2) is 0 Å². The molecule has 0 aliphatic heterocycles. The van der Waals surface area contributed by atoms with Gasteiger partial charge in [-0.25, -0.2) is 0 Å². The fourth-order valence-electron chi connectivity index (χ4n) is 2.45. The Balaban J connectivity index is 2.11. The fraction of sp³-hybridized carbons (Fsp3) is 0.833. The number of rotatable bonds is 5. The molecule has 0 unspecified atom stereocenters. The molecule has 0 heterocycles. The van der Waals surface area contributed by atoms with Crippen LogP contribution in [-0.4, -0.2) is 28.4 Å². The third kappa shape index (κ3) is 1.83. The second kappa shape index (κ2) is 4.32. The molecule has 2 saturated carbocycles. The van der Waals surface area contributed by atoms with Crippen LogP contribution in [0.3, 0.4) is 0 Å². The van der Waals surface area contributed by atoms with Crippen molar-refractivity contribution in [1.29, 1.82) is 0 Å². The van der Waals surface area contributed by atoms with E-state index in [4.69, 9.17) is 18.0 Å². The molecule has 0 radical (unpaired) electrons. The lowest BCUT2D eigenvalue weighted by atomic mass is 9.67. The van der Waals surface area contributed by atoms with Crippen molar-refractivity contribution >= 4 is 23.1 Å². The zero-order chi connectivity index (χ0) is 11.8. The van der Waals surface area contributed by atoms with Crippen LogP contribution in [0.15, 0.2) is 0 Å². The van der Waals surface area contributed by atoms with E-state index in [1.807, 2.05) is 4.90 Å². The second-order valence-corrected chi connectivity index (χ2v) is 5.47. The Kier molecular flexibility index (Phi) is 3.19. The summed E-state index contributed by atoms with van der Waals surface area (Å²) >= 11 is 5.10. The van der Waals surface area contributed by atoms with Crippen molar-refractivity contribution < 1.29 is 4.79 Å². The Labute approximate surface area is 102 Å². The molecule has 4 heteroatoms. The molecule has 2 aliphatic carbocycles. The summed E-state index contributed by atoms with van der Waals surface area (Å²) in [6.45, 7) is 2.96. The van der Waals surface area contributed by atoms with Crippen LogP contribution in [0.25, 0.3) is 0 Å². The number of amides is 1. The quantitative estimate of drug-likeness (QED) is 0.746. The molecule has 0 aromatic carbocycles. The van der Waals surface area contributed by atoms with Gasteiger partial charge in [0.05, 0.1) is 10.4 Å². The van der Waals surface area contributed by atoms with Crippen molar-refractivity contribution in [2.24, 2.45) is 11.1 Å². The summed E-state index contributed by atoms with van der Waals surface area (Å²) < 4.78 is 0. The third-order valence-corrected chi connectivity index (χ3v) is 4.19. The molecule has 3 nitrogen and oxygen atoms in total. The molecule has 16 heavy (non-hydrogen) atoms. The van der Waals surface area contributed by atoms with E-state index in [1.165, 1.54) is 0 Å². The van der Waals surface area contributed by atoms with Crippen LogP contribution in [0.4, 0.5) is 0 Å². The molecule has 2 fully saturated rings. The highest BCUT2D eigenvalue weighted by molar-refractivity contribution is 7.80. The minimum Gasteiger partial charge on any atom is -0.392 e. The number of carbonyl (C=O) groups is 1. The first-order valence-electron chi connectivity index (χ1n) is 6.23. The van der Waals surface area contributed by atoms with Crippen LogP contribution in [0.1, 0.15) is 45.4 Å². The van der Waals surface area contributed by atoms with Gasteiger partial charge in [0.2, 0.25) is 5.91 Å². The average molecular weight is 240 g/mol. The standard InChI is InChI=1S/C12H20N2OS/c1-2-8-14(9-4-5-9)11(15)12(10(13)16)6-3-7-12/h9H,2-8H2,1H3,(H2,13,16). The van der Waals surface area contributed by atoms with Gasteiger partial charge in [0.25, 0.3) is 0 Å². The van der Waals surface area contributed by atoms with Gasteiger partial charge in [-0.05, 0) is 32.1 Å². The molecule has 2 rings (SSSR count). The lowest BCUT2D eigenvalue weighted by Crippen LogP contribution is -2.55. The molecule has 0 aromatic rings. The molecule has 1 amide bonds. The zero-order valence-corrected chi connectivity index (χ0v) is 10.7. The second-order valence-electron chi connectivity index (χ2n) is 5.03. The highest BCUT2D eigenvalue weighted by Gasteiger charge is 2.50. The molecular formula is C12H20N2OS. The number of hydrogen-bond donors (Lipinski definition) is 1. The van der Waals surface area contributed by atoms with Gasteiger partial charge in [0, 0.05) is 12.6 Å². The van der Waals surface area contributed by atoms with Crippen LogP contribution in [0.2, 0.25) is 0 Å². The fourth-order valence-corrected chi connectivity index (χ4v) is 2.74. The predicted molar refractivity (Wildman–Crippen MR) is 68.1 cm³/mol. The van der Waals surface area contributed by atoms with Crippen LogP contribution in [-0.2, 0) is 4.79 Å². The van der Waals surface area contributed by atoms with Crippen molar-refractivity contribution in [1.82, 2.24) is 4.90 Å².